The van der Waals surface area contributed by atoms with E-state index in [1.54, 1.807) is 12.2 Å². The minimum atomic E-state index is -1.58. The number of rotatable bonds is 16. The molecule has 3 N–H and O–H groups in total. The summed E-state index contributed by atoms with van der Waals surface area (Å²) in [6.45, 7) is 5.01. The molecule has 196 valence electrons. The average molecular weight is 496 g/mol. The molecule has 0 radical (unpaired) electrons. The highest BCUT2D eigenvalue weighted by Crippen LogP contribution is 2.33. The average Bonchev–Trinajstić information content (AvgIpc) is 2.83. The zero-order valence-electron chi connectivity index (χ0n) is 21.8. The second kappa shape index (κ2) is 17.0. The largest absolute Gasteiger partial charge is 0.504 e. The SMILES string of the molecule is CCCCCCCCCC=CC=CC=CC=CC=CC(=O)N(c1ccc(O)c(O)c1)C(C)(C)C(=O)O. The smallest absolute Gasteiger partial charge is 0.329 e. The molecule has 0 saturated heterocycles. The number of benzene rings is 1. The Balaban J connectivity index is 2.55. The van der Waals surface area contributed by atoms with E-state index in [4.69, 9.17) is 0 Å². The van der Waals surface area contributed by atoms with E-state index >= 15 is 0 Å². The number of amides is 1. The normalized spacial score (nSPS) is 12.6. The molecule has 6 nitrogen and oxygen atoms in total. The van der Waals surface area contributed by atoms with Crippen molar-refractivity contribution < 1.29 is 24.9 Å². The first kappa shape index (κ1) is 30.5. The Hall–Kier alpha value is -3.54. The molecule has 0 atom stereocenters. The fraction of sp³-hybridized carbons (Fsp3) is 0.400. The number of hydrogen-bond donors (Lipinski definition) is 3. The molecule has 1 aromatic rings. The number of carboxylic acids is 1. The Morgan fingerprint density at radius 1 is 0.806 bits per heavy atom. The van der Waals surface area contributed by atoms with E-state index in [0.717, 1.165) is 17.4 Å². The minimum absolute atomic E-state index is 0.154. The fourth-order valence-electron chi connectivity index (χ4n) is 3.46. The van der Waals surface area contributed by atoms with Crippen molar-refractivity contribution in [3.8, 4) is 11.5 Å². The van der Waals surface area contributed by atoms with Crippen LogP contribution in [-0.4, -0.2) is 32.7 Å². The lowest BCUT2D eigenvalue weighted by Crippen LogP contribution is -2.53. The summed E-state index contributed by atoms with van der Waals surface area (Å²) in [5.74, 6) is -2.59. The van der Waals surface area contributed by atoms with E-state index in [-0.39, 0.29) is 11.4 Å². The summed E-state index contributed by atoms with van der Waals surface area (Å²) in [4.78, 5) is 25.6. The Kier molecular flexibility index (Phi) is 14.4. The number of carbonyl (C=O) groups excluding carboxylic acids is 1. The fourth-order valence-corrected chi connectivity index (χ4v) is 3.46. The van der Waals surface area contributed by atoms with Crippen LogP contribution in [0, 0.1) is 0 Å². The van der Waals surface area contributed by atoms with E-state index in [0.29, 0.717) is 0 Å². The molecular formula is C30H41NO5. The lowest BCUT2D eigenvalue weighted by molar-refractivity contribution is -0.143. The molecule has 0 fully saturated rings. The first-order valence-electron chi connectivity index (χ1n) is 12.6. The quantitative estimate of drug-likeness (QED) is 0.0973. The van der Waals surface area contributed by atoms with Gasteiger partial charge in [-0.05, 0) is 38.8 Å². The number of aliphatic carboxylic acids is 1. The minimum Gasteiger partial charge on any atom is -0.504 e. The number of anilines is 1. The van der Waals surface area contributed by atoms with Crippen molar-refractivity contribution in [1.82, 2.24) is 0 Å². The third-order valence-electron chi connectivity index (χ3n) is 5.65. The number of phenols is 2. The van der Waals surface area contributed by atoms with Gasteiger partial charge in [-0.2, -0.15) is 0 Å². The van der Waals surface area contributed by atoms with Gasteiger partial charge in [0.2, 0.25) is 0 Å². The number of carbonyl (C=O) groups is 2. The molecule has 0 spiro atoms. The molecule has 0 bridgehead atoms. The van der Waals surface area contributed by atoms with Gasteiger partial charge in [0.1, 0.15) is 5.54 Å². The third-order valence-corrected chi connectivity index (χ3v) is 5.65. The van der Waals surface area contributed by atoms with Gasteiger partial charge in [0.15, 0.2) is 11.5 Å². The summed E-state index contributed by atoms with van der Waals surface area (Å²) in [6, 6.07) is 3.73. The van der Waals surface area contributed by atoms with Gasteiger partial charge in [0.25, 0.3) is 5.91 Å². The molecule has 0 heterocycles. The highest BCUT2D eigenvalue weighted by molar-refractivity contribution is 6.07. The van der Waals surface area contributed by atoms with Crippen molar-refractivity contribution >= 4 is 17.6 Å². The zero-order valence-corrected chi connectivity index (χ0v) is 21.8. The van der Waals surface area contributed by atoms with E-state index in [1.165, 1.54) is 83.1 Å². The van der Waals surface area contributed by atoms with Crippen LogP contribution in [0.3, 0.4) is 0 Å². The van der Waals surface area contributed by atoms with Crippen molar-refractivity contribution in [2.24, 2.45) is 0 Å². The summed E-state index contributed by atoms with van der Waals surface area (Å²) in [5.41, 5.74) is -1.43. The molecule has 0 unspecified atom stereocenters. The molecule has 1 rings (SSSR count). The Labute approximate surface area is 215 Å². The second-order valence-electron chi connectivity index (χ2n) is 9.06. The number of hydrogen-bond acceptors (Lipinski definition) is 4. The molecule has 36 heavy (non-hydrogen) atoms. The van der Waals surface area contributed by atoms with Crippen LogP contribution < -0.4 is 4.90 Å². The number of unbranched alkanes of at least 4 members (excludes halogenated alkanes) is 7. The maximum atomic E-state index is 12.8. The summed E-state index contributed by atoms with van der Waals surface area (Å²) >= 11 is 0. The molecule has 0 aliphatic heterocycles. The van der Waals surface area contributed by atoms with Crippen LogP contribution >= 0.6 is 0 Å². The molecule has 6 heteroatoms. The maximum absolute atomic E-state index is 12.8. The van der Waals surface area contributed by atoms with E-state index in [1.807, 2.05) is 30.4 Å². The van der Waals surface area contributed by atoms with E-state index in [9.17, 15) is 24.9 Å². The summed E-state index contributed by atoms with van der Waals surface area (Å²) in [5, 5.41) is 28.9. The van der Waals surface area contributed by atoms with E-state index in [2.05, 4.69) is 13.0 Å². The number of aromatic hydroxyl groups is 2. The van der Waals surface area contributed by atoms with Gasteiger partial charge in [0.05, 0.1) is 0 Å². The van der Waals surface area contributed by atoms with Gasteiger partial charge in [-0.15, -0.1) is 0 Å². The molecule has 1 amide bonds. The predicted octanol–water partition coefficient (Wildman–Crippen LogP) is 7.22. The van der Waals surface area contributed by atoms with Gasteiger partial charge >= 0.3 is 5.97 Å². The third kappa shape index (κ3) is 11.3. The molecule has 0 aliphatic rings. The summed E-state index contributed by atoms with van der Waals surface area (Å²) in [7, 11) is 0. The van der Waals surface area contributed by atoms with Crippen LogP contribution in [0.4, 0.5) is 5.69 Å². The lowest BCUT2D eigenvalue weighted by atomic mass is 10.0. The van der Waals surface area contributed by atoms with Crippen LogP contribution in [0.25, 0.3) is 0 Å². The summed E-state index contributed by atoms with van der Waals surface area (Å²) in [6.07, 6.45) is 28.3. The van der Waals surface area contributed by atoms with Gasteiger partial charge < -0.3 is 15.3 Å². The molecule has 0 saturated carbocycles. The van der Waals surface area contributed by atoms with Crippen molar-refractivity contribution in [2.75, 3.05) is 4.90 Å². The summed E-state index contributed by atoms with van der Waals surface area (Å²) < 4.78 is 0. The number of carboxylic acid groups (broad SMARTS) is 1. The van der Waals surface area contributed by atoms with Crippen LogP contribution in [0.5, 0.6) is 11.5 Å². The predicted molar refractivity (Wildman–Crippen MR) is 147 cm³/mol. The first-order valence-corrected chi connectivity index (χ1v) is 12.6. The van der Waals surface area contributed by atoms with Crippen LogP contribution in [0.15, 0.2) is 79.0 Å². The van der Waals surface area contributed by atoms with Crippen LogP contribution in [0.1, 0.15) is 72.1 Å². The molecule has 1 aromatic carbocycles. The highest BCUT2D eigenvalue weighted by atomic mass is 16.4. The first-order chi connectivity index (χ1) is 17.2. The maximum Gasteiger partial charge on any atom is 0.329 e. The molecular weight excluding hydrogens is 454 g/mol. The molecule has 0 aliphatic carbocycles. The van der Waals surface area contributed by atoms with E-state index < -0.39 is 23.2 Å². The van der Waals surface area contributed by atoms with Crippen molar-refractivity contribution in [1.29, 1.82) is 0 Å². The lowest BCUT2D eigenvalue weighted by Gasteiger charge is -2.34. The second-order valence-corrected chi connectivity index (χ2v) is 9.06. The van der Waals surface area contributed by atoms with Crippen molar-refractivity contribution in [2.45, 2.75) is 77.7 Å². The Morgan fingerprint density at radius 2 is 1.36 bits per heavy atom. The van der Waals surface area contributed by atoms with Gasteiger partial charge in [0, 0.05) is 17.8 Å². The number of allylic oxidation sites excluding steroid dienone is 9. The van der Waals surface area contributed by atoms with Gasteiger partial charge in [-0.3, -0.25) is 9.69 Å². The Morgan fingerprint density at radius 3 is 1.94 bits per heavy atom. The number of nitrogens with zero attached hydrogens (tertiary/aromatic N) is 1. The van der Waals surface area contributed by atoms with Crippen LogP contribution in [-0.2, 0) is 9.59 Å². The van der Waals surface area contributed by atoms with Gasteiger partial charge in [-0.1, -0.05) is 100 Å². The topological polar surface area (TPSA) is 98.1 Å². The van der Waals surface area contributed by atoms with Crippen molar-refractivity contribution in [3.05, 3.63) is 79.0 Å². The monoisotopic (exact) mass is 495 g/mol. The molecule has 0 aromatic heterocycles. The van der Waals surface area contributed by atoms with Crippen LogP contribution in [0.2, 0.25) is 0 Å². The number of phenolic OH excluding ortho intramolecular Hbond substituents is 2. The Bertz CT molecular complexity index is 970. The zero-order chi connectivity index (χ0) is 26.8. The van der Waals surface area contributed by atoms with Gasteiger partial charge in [-0.25, -0.2) is 4.79 Å². The highest BCUT2D eigenvalue weighted by Gasteiger charge is 2.38. The van der Waals surface area contributed by atoms with Crippen molar-refractivity contribution in [3.63, 3.8) is 0 Å². The standard InChI is InChI=1S/C30H41NO5/c1-4-5-6-7-8-9-10-11-12-13-14-15-16-17-18-19-20-21-28(34)31(30(2,3)29(35)36)25-22-23-26(32)27(33)24-25/h12-24,32-33H,4-11H2,1-3H3,(H,35,36).